The average Bonchev–Trinajstić information content (AvgIpc) is 3.04. The number of hydrogen-bond donors (Lipinski definition) is 1. The second-order valence-electron chi connectivity index (χ2n) is 5.05. The first-order chi connectivity index (χ1) is 11.8. The number of benzene rings is 2. The van der Waals surface area contributed by atoms with Crippen molar-refractivity contribution >= 4 is 69.3 Å². The molecule has 0 fully saturated rings. The monoisotopic (exact) mass is 430 g/mol. The van der Waals surface area contributed by atoms with Crippen LogP contribution in [0.4, 0.5) is 5.69 Å². The standard InChI is InChI=1S/C17H10Cl4N2OS/c18-13-7-2-1-6-12(13)15-23-14(9-25-15)10-4-3-5-11(8-10)22-16(24)17(19,20)21/h1-9H,(H,22,24). The first-order valence-corrected chi connectivity index (χ1v) is 9.43. The number of carbonyl (C=O) groups excluding carboxylic acids is 1. The lowest BCUT2D eigenvalue weighted by Crippen LogP contribution is -2.26. The van der Waals surface area contributed by atoms with E-state index in [1.54, 1.807) is 18.2 Å². The smallest absolute Gasteiger partial charge is 0.276 e. The number of alkyl halides is 3. The molecular weight excluding hydrogens is 422 g/mol. The van der Waals surface area contributed by atoms with E-state index >= 15 is 0 Å². The van der Waals surface area contributed by atoms with Gasteiger partial charge >= 0.3 is 0 Å². The van der Waals surface area contributed by atoms with Gasteiger partial charge < -0.3 is 5.32 Å². The minimum Gasteiger partial charge on any atom is -0.322 e. The Morgan fingerprint density at radius 2 is 1.84 bits per heavy atom. The van der Waals surface area contributed by atoms with Crippen molar-refractivity contribution in [2.75, 3.05) is 5.32 Å². The quantitative estimate of drug-likeness (QED) is 0.484. The van der Waals surface area contributed by atoms with Crippen molar-refractivity contribution in [2.24, 2.45) is 0 Å². The third kappa shape index (κ3) is 4.46. The number of aromatic nitrogens is 1. The molecular formula is C17H10Cl4N2OS. The van der Waals surface area contributed by atoms with Crippen molar-refractivity contribution in [1.29, 1.82) is 0 Å². The Hall–Kier alpha value is -1.30. The van der Waals surface area contributed by atoms with E-state index in [-0.39, 0.29) is 0 Å². The predicted molar refractivity (Wildman–Crippen MR) is 107 cm³/mol. The molecule has 1 N–H and O–H groups in total. The Bertz CT molecular complexity index is 921. The second-order valence-corrected chi connectivity index (χ2v) is 8.60. The fraction of sp³-hybridized carbons (Fsp3) is 0.0588. The van der Waals surface area contributed by atoms with Crippen LogP contribution in [-0.2, 0) is 4.79 Å². The first kappa shape index (κ1) is 18.5. The number of carbonyl (C=O) groups is 1. The third-order valence-corrected chi connectivity index (χ3v) is 5.00. The summed E-state index contributed by atoms with van der Waals surface area (Å²) in [6, 6.07) is 14.7. The molecule has 1 heterocycles. The summed E-state index contributed by atoms with van der Waals surface area (Å²) < 4.78 is -2.02. The molecule has 0 aliphatic rings. The van der Waals surface area contributed by atoms with E-state index in [9.17, 15) is 4.79 Å². The SMILES string of the molecule is O=C(Nc1cccc(-c2csc(-c3ccccc3Cl)n2)c1)C(Cl)(Cl)Cl. The highest BCUT2D eigenvalue weighted by Gasteiger charge is 2.30. The maximum Gasteiger partial charge on any atom is 0.276 e. The summed E-state index contributed by atoms with van der Waals surface area (Å²) in [5.41, 5.74) is 2.99. The molecule has 8 heteroatoms. The van der Waals surface area contributed by atoms with E-state index in [1.807, 2.05) is 35.7 Å². The van der Waals surface area contributed by atoms with Crippen LogP contribution in [0.25, 0.3) is 21.8 Å². The molecule has 3 rings (SSSR count). The van der Waals surface area contributed by atoms with Crippen molar-refractivity contribution in [3.05, 3.63) is 58.9 Å². The molecule has 0 atom stereocenters. The summed E-state index contributed by atoms with van der Waals surface area (Å²) in [4.78, 5) is 16.4. The Morgan fingerprint density at radius 3 is 2.56 bits per heavy atom. The van der Waals surface area contributed by atoms with E-state index in [1.165, 1.54) is 11.3 Å². The van der Waals surface area contributed by atoms with E-state index < -0.39 is 9.70 Å². The van der Waals surface area contributed by atoms with Crippen molar-refractivity contribution in [3.63, 3.8) is 0 Å². The van der Waals surface area contributed by atoms with Crippen molar-refractivity contribution in [1.82, 2.24) is 4.98 Å². The summed E-state index contributed by atoms with van der Waals surface area (Å²) in [7, 11) is 0. The van der Waals surface area contributed by atoms with Gasteiger partial charge in [0.2, 0.25) is 0 Å². The maximum atomic E-state index is 11.8. The molecule has 0 radical (unpaired) electrons. The molecule has 1 aromatic heterocycles. The topological polar surface area (TPSA) is 42.0 Å². The summed E-state index contributed by atoms with van der Waals surface area (Å²) in [6.45, 7) is 0. The van der Waals surface area contributed by atoms with Crippen LogP contribution in [-0.4, -0.2) is 14.7 Å². The van der Waals surface area contributed by atoms with Gasteiger partial charge in [-0.15, -0.1) is 11.3 Å². The predicted octanol–water partition coefficient (Wildman–Crippen LogP) is 6.44. The molecule has 1 amide bonds. The summed E-state index contributed by atoms with van der Waals surface area (Å²) in [6.07, 6.45) is 0. The number of rotatable bonds is 3. The van der Waals surface area contributed by atoms with Crippen LogP contribution in [0.3, 0.4) is 0 Å². The lowest BCUT2D eigenvalue weighted by Gasteiger charge is -2.11. The maximum absolute atomic E-state index is 11.8. The van der Waals surface area contributed by atoms with Gasteiger partial charge in [0.1, 0.15) is 5.01 Å². The lowest BCUT2D eigenvalue weighted by molar-refractivity contribution is -0.115. The highest BCUT2D eigenvalue weighted by molar-refractivity contribution is 7.13. The molecule has 0 bridgehead atoms. The van der Waals surface area contributed by atoms with Gasteiger partial charge in [-0.2, -0.15) is 0 Å². The fourth-order valence-corrected chi connectivity index (χ4v) is 3.41. The number of nitrogens with zero attached hydrogens (tertiary/aromatic N) is 1. The number of nitrogens with one attached hydrogen (secondary N) is 1. The van der Waals surface area contributed by atoms with Gasteiger partial charge in [0.05, 0.1) is 10.7 Å². The molecule has 2 aromatic carbocycles. The number of hydrogen-bond acceptors (Lipinski definition) is 3. The Morgan fingerprint density at radius 1 is 1.08 bits per heavy atom. The van der Waals surface area contributed by atoms with Gasteiger partial charge in [0.25, 0.3) is 9.70 Å². The zero-order valence-corrected chi connectivity index (χ0v) is 16.3. The van der Waals surface area contributed by atoms with Crippen LogP contribution in [0.15, 0.2) is 53.9 Å². The molecule has 0 saturated heterocycles. The van der Waals surface area contributed by atoms with Crippen LogP contribution in [0, 0.1) is 0 Å². The molecule has 3 nitrogen and oxygen atoms in total. The molecule has 25 heavy (non-hydrogen) atoms. The van der Waals surface area contributed by atoms with Crippen molar-refractivity contribution in [2.45, 2.75) is 3.79 Å². The fourth-order valence-electron chi connectivity index (χ4n) is 2.12. The summed E-state index contributed by atoms with van der Waals surface area (Å²) >= 11 is 24.4. The molecule has 0 aliphatic heterocycles. The van der Waals surface area contributed by atoms with Gasteiger partial charge in [-0.3, -0.25) is 4.79 Å². The lowest BCUT2D eigenvalue weighted by atomic mass is 10.1. The van der Waals surface area contributed by atoms with Gasteiger partial charge in [0, 0.05) is 22.2 Å². The first-order valence-electron chi connectivity index (χ1n) is 7.03. The highest BCUT2D eigenvalue weighted by atomic mass is 35.6. The van der Waals surface area contributed by atoms with Gasteiger partial charge in [0.15, 0.2) is 0 Å². The van der Waals surface area contributed by atoms with Crippen LogP contribution in [0.5, 0.6) is 0 Å². The second kappa shape index (κ2) is 7.52. The van der Waals surface area contributed by atoms with E-state index in [0.717, 1.165) is 21.8 Å². The molecule has 0 saturated carbocycles. The van der Waals surface area contributed by atoms with Crippen molar-refractivity contribution < 1.29 is 4.79 Å². The van der Waals surface area contributed by atoms with Gasteiger partial charge in [-0.05, 0) is 18.2 Å². The normalized spacial score (nSPS) is 11.4. The van der Waals surface area contributed by atoms with E-state index in [2.05, 4.69) is 10.3 Å². The van der Waals surface area contributed by atoms with Crippen molar-refractivity contribution in [3.8, 4) is 21.8 Å². The molecule has 0 spiro atoms. The summed E-state index contributed by atoms with van der Waals surface area (Å²) in [5, 5.41) is 5.95. The van der Waals surface area contributed by atoms with Crippen LogP contribution in [0.1, 0.15) is 0 Å². The molecule has 0 unspecified atom stereocenters. The number of anilines is 1. The van der Waals surface area contributed by atoms with Crippen LogP contribution < -0.4 is 5.32 Å². The number of halogens is 4. The van der Waals surface area contributed by atoms with Crippen LogP contribution >= 0.6 is 57.7 Å². The van der Waals surface area contributed by atoms with Crippen LogP contribution in [0.2, 0.25) is 5.02 Å². The van der Waals surface area contributed by atoms with E-state index in [0.29, 0.717) is 10.7 Å². The van der Waals surface area contributed by atoms with Gasteiger partial charge in [-0.25, -0.2) is 4.98 Å². The van der Waals surface area contributed by atoms with Gasteiger partial charge in [-0.1, -0.05) is 76.7 Å². The largest absolute Gasteiger partial charge is 0.322 e. The zero-order chi connectivity index (χ0) is 18.0. The summed E-state index contributed by atoms with van der Waals surface area (Å²) in [5.74, 6) is -0.718. The zero-order valence-electron chi connectivity index (χ0n) is 12.5. The Labute approximate surface area is 168 Å². The Balaban J connectivity index is 1.87. The molecule has 128 valence electrons. The Kier molecular flexibility index (Phi) is 5.56. The average molecular weight is 432 g/mol. The minimum atomic E-state index is -2.02. The molecule has 3 aromatic rings. The molecule has 0 aliphatic carbocycles. The third-order valence-electron chi connectivity index (χ3n) is 3.28. The number of amides is 1. The highest BCUT2D eigenvalue weighted by Crippen LogP contribution is 2.34. The van der Waals surface area contributed by atoms with E-state index in [4.69, 9.17) is 46.4 Å². The minimum absolute atomic E-state index is 0.515. The number of thiazole rings is 1.